The van der Waals surface area contributed by atoms with Crippen LogP contribution in [0.2, 0.25) is 0 Å². The Morgan fingerprint density at radius 2 is 2.04 bits per heavy atom. The second kappa shape index (κ2) is 8.79. The third kappa shape index (κ3) is 5.61. The van der Waals surface area contributed by atoms with E-state index in [9.17, 15) is 9.59 Å². The fourth-order valence-corrected chi connectivity index (χ4v) is 2.88. The van der Waals surface area contributed by atoms with Crippen LogP contribution in [0.1, 0.15) is 19.7 Å². The molecular formula is C16H28N6O2. The molecule has 0 aromatic carbocycles. The quantitative estimate of drug-likeness (QED) is 0.636. The van der Waals surface area contributed by atoms with Crippen LogP contribution in [0.15, 0.2) is 12.4 Å². The predicted octanol–water partition coefficient (Wildman–Crippen LogP) is -0.821. The minimum absolute atomic E-state index is 0.00473. The zero-order valence-electron chi connectivity index (χ0n) is 14.8. The summed E-state index contributed by atoms with van der Waals surface area (Å²) in [7, 11) is 2.01. The van der Waals surface area contributed by atoms with Crippen molar-refractivity contribution in [3.63, 3.8) is 0 Å². The molecule has 134 valence electrons. The number of amides is 2. The molecule has 0 unspecified atom stereocenters. The summed E-state index contributed by atoms with van der Waals surface area (Å²) in [6.07, 6.45) is 3.78. The minimum atomic E-state index is -0.0816. The minimum Gasteiger partial charge on any atom is -0.355 e. The molecule has 0 saturated carbocycles. The van der Waals surface area contributed by atoms with Crippen molar-refractivity contribution in [3.8, 4) is 0 Å². The van der Waals surface area contributed by atoms with E-state index in [0.717, 1.165) is 32.0 Å². The van der Waals surface area contributed by atoms with Gasteiger partial charge in [-0.1, -0.05) is 0 Å². The van der Waals surface area contributed by atoms with Gasteiger partial charge in [-0.05, 0) is 6.92 Å². The molecule has 2 rings (SSSR count). The van der Waals surface area contributed by atoms with Crippen molar-refractivity contribution in [1.82, 2.24) is 30.0 Å². The first kappa shape index (κ1) is 18.4. The van der Waals surface area contributed by atoms with E-state index >= 15 is 0 Å². The van der Waals surface area contributed by atoms with E-state index < -0.39 is 0 Å². The van der Waals surface area contributed by atoms with Gasteiger partial charge in [-0.2, -0.15) is 0 Å². The van der Waals surface area contributed by atoms with Gasteiger partial charge in [0, 0.05) is 65.1 Å². The molecule has 1 saturated heterocycles. The van der Waals surface area contributed by atoms with Gasteiger partial charge in [-0.3, -0.25) is 19.4 Å². The highest BCUT2D eigenvalue weighted by Gasteiger charge is 2.25. The van der Waals surface area contributed by atoms with E-state index in [2.05, 4.69) is 32.3 Å². The molecule has 2 N–H and O–H groups in total. The smallest absolute Gasteiger partial charge is 0.234 e. The molecule has 1 aliphatic heterocycles. The van der Waals surface area contributed by atoms with Gasteiger partial charge < -0.3 is 15.2 Å². The van der Waals surface area contributed by atoms with Crippen LogP contribution in [-0.4, -0.2) is 76.5 Å². The SMILES string of the molecule is CC(=O)NCCNC(=O)CN1CCN(Cc2nccn2C)[C@@H](C)C1. The average molecular weight is 336 g/mol. The number of aromatic nitrogens is 2. The summed E-state index contributed by atoms with van der Waals surface area (Å²) < 4.78 is 2.04. The van der Waals surface area contributed by atoms with Crippen LogP contribution in [0.4, 0.5) is 0 Å². The van der Waals surface area contributed by atoms with Crippen molar-refractivity contribution in [1.29, 1.82) is 0 Å². The van der Waals surface area contributed by atoms with Crippen molar-refractivity contribution in [2.45, 2.75) is 26.4 Å². The van der Waals surface area contributed by atoms with Crippen molar-refractivity contribution < 1.29 is 9.59 Å². The van der Waals surface area contributed by atoms with Crippen LogP contribution in [0.5, 0.6) is 0 Å². The molecule has 2 heterocycles. The van der Waals surface area contributed by atoms with E-state index in [4.69, 9.17) is 0 Å². The molecule has 0 spiro atoms. The second-order valence-electron chi connectivity index (χ2n) is 6.34. The fourth-order valence-electron chi connectivity index (χ4n) is 2.88. The summed E-state index contributed by atoms with van der Waals surface area (Å²) in [5, 5.41) is 5.49. The van der Waals surface area contributed by atoms with Crippen LogP contribution in [0.25, 0.3) is 0 Å². The van der Waals surface area contributed by atoms with Crippen molar-refractivity contribution in [3.05, 3.63) is 18.2 Å². The first-order valence-electron chi connectivity index (χ1n) is 8.39. The van der Waals surface area contributed by atoms with E-state index in [1.54, 1.807) is 0 Å². The Balaban J connectivity index is 1.69. The van der Waals surface area contributed by atoms with E-state index in [1.807, 2.05) is 24.0 Å². The Kier molecular flexibility index (Phi) is 6.74. The number of aryl methyl sites for hydroxylation is 1. The first-order chi connectivity index (χ1) is 11.5. The zero-order chi connectivity index (χ0) is 17.5. The largest absolute Gasteiger partial charge is 0.355 e. The molecule has 1 fully saturated rings. The fraction of sp³-hybridized carbons (Fsp3) is 0.688. The third-order valence-corrected chi connectivity index (χ3v) is 4.30. The number of carbonyl (C=O) groups excluding carboxylic acids is 2. The van der Waals surface area contributed by atoms with Crippen LogP contribution >= 0.6 is 0 Å². The van der Waals surface area contributed by atoms with Gasteiger partial charge in [0.05, 0.1) is 13.1 Å². The molecule has 1 atom stereocenters. The van der Waals surface area contributed by atoms with Gasteiger partial charge in [0.2, 0.25) is 11.8 Å². The maximum Gasteiger partial charge on any atom is 0.234 e. The maximum absolute atomic E-state index is 12.0. The highest BCUT2D eigenvalue weighted by atomic mass is 16.2. The molecule has 1 aromatic rings. The first-order valence-corrected chi connectivity index (χ1v) is 8.39. The number of nitrogens with zero attached hydrogens (tertiary/aromatic N) is 4. The summed E-state index contributed by atoms with van der Waals surface area (Å²) in [6.45, 7) is 8.48. The number of piperazine rings is 1. The van der Waals surface area contributed by atoms with E-state index in [-0.39, 0.29) is 11.8 Å². The van der Waals surface area contributed by atoms with Gasteiger partial charge in [0.1, 0.15) is 5.82 Å². The van der Waals surface area contributed by atoms with E-state index in [1.165, 1.54) is 6.92 Å². The lowest BCUT2D eigenvalue weighted by Gasteiger charge is -2.39. The third-order valence-electron chi connectivity index (χ3n) is 4.30. The lowest BCUT2D eigenvalue weighted by Crippen LogP contribution is -2.53. The topological polar surface area (TPSA) is 82.5 Å². The molecule has 8 nitrogen and oxygen atoms in total. The Morgan fingerprint density at radius 3 is 2.67 bits per heavy atom. The van der Waals surface area contributed by atoms with Crippen LogP contribution in [0, 0.1) is 0 Å². The molecule has 0 radical (unpaired) electrons. The van der Waals surface area contributed by atoms with Crippen molar-refractivity contribution in [2.24, 2.45) is 7.05 Å². The van der Waals surface area contributed by atoms with E-state index in [0.29, 0.717) is 25.7 Å². The molecule has 2 amide bonds. The average Bonchev–Trinajstić information content (AvgIpc) is 2.91. The standard InChI is InChI=1S/C16H28N6O2/c1-13-10-21(12-16(24)19-5-4-17-14(2)23)8-9-22(13)11-15-18-6-7-20(15)3/h6-7,13H,4-5,8-12H2,1-3H3,(H,17,23)(H,19,24)/t13-/m0/s1. The van der Waals surface area contributed by atoms with Crippen molar-refractivity contribution >= 4 is 11.8 Å². The van der Waals surface area contributed by atoms with Crippen LogP contribution in [0.3, 0.4) is 0 Å². The zero-order valence-corrected chi connectivity index (χ0v) is 14.8. The maximum atomic E-state index is 12.0. The molecular weight excluding hydrogens is 308 g/mol. The highest BCUT2D eigenvalue weighted by molar-refractivity contribution is 5.78. The number of rotatable bonds is 7. The second-order valence-corrected chi connectivity index (χ2v) is 6.34. The summed E-state index contributed by atoms with van der Waals surface area (Å²) in [4.78, 5) is 31.7. The van der Waals surface area contributed by atoms with Gasteiger partial charge in [-0.15, -0.1) is 0 Å². The Bertz CT molecular complexity index is 559. The number of carbonyl (C=O) groups is 2. The highest BCUT2D eigenvalue weighted by Crippen LogP contribution is 2.12. The summed E-state index contributed by atoms with van der Waals surface area (Å²) in [5.41, 5.74) is 0. The lowest BCUT2D eigenvalue weighted by molar-refractivity contribution is -0.123. The number of hydrogen-bond donors (Lipinski definition) is 2. The summed E-state index contributed by atoms with van der Waals surface area (Å²) in [6, 6.07) is 0.377. The van der Waals surface area contributed by atoms with Gasteiger partial charge in [-0.25, -0.2) is 4.98 Å². The summed E-state index contributed by atoms with van der Waals surface area (Å²) >= 11 is 0. The Labute approximate surface area is 143 Å². The Hall–Kier alpha value is -1.93. The van der Waals surface area contributed by atoms with Crippen molar-refractivity contribution in [2.75, 3.05) is 39.3 Å². The monoisotopic (exact) mass is 336 g/mol. The molecule has 8 heteroatoms. The number of nitrogens with one attached hydrogen (secondary N) is 2. The van der Waals surface area contributed by atoms with Gasteiger partial charge in [0.25, 0.3) is 0 Å². The molecule has 0 aliphatic carbocycles. The number of imidazole rings is 1. The van der Waals surface area contributed by atoms with Crippen LogP contribution in [-0.2, 0) is 23.2 Å². The summed E-state index contributed by atoms with van der Waals surface area (Å²) in [5.74, 6) is 0.984. The lowest BCUT2D eigenvalue weighted by atomic mass is 10.2. The predicted molar refractivity (Wildman–Crippen MR) is 91.2 cm³/mol. The molecule has 1 aliphatic rings. The molecule has 1 aromatic heterocycles. The number of hydrogen-bond acceptors (Lipinski definition) is 5. The Morgan fingerprint density at radius 1 is 1.29 bits per heavy atom. The molecule has 0 bridgehead atoms. The van der Waals surface area contributed by atoms with Gasteiger partial charge in [0.15, 0.2) is 0 Å². The normalized spacial score (nSPS) is 19.2. The van der Waals surface area contributed by atoms with Crippen LogP contribution < -0.4 is 10.6 Å². The van der Waals surface area contributed by atoms with Gasteiger partial charge >= 0.3 is 0 Å². The molecule has 24 heavy (non-hydrogen) atoms.